The number of allylic oxidation sites excluding steroid dienone is 2. The molecule has 0 saturated heterocycles. The quantitative estimate of drug-likeness (QED) is 0.186. The van der Waals surface area contributed by atoms with E-state index in [9.17, 15) is 0 Å². The molecule has 0 unspecified atom stereocenters. The fourth-order valence-corrected chi connectivity index (χ4v) is 14.1. The second-order valence-corrected chi connectivity index (χ2v) is 32.2. The van der Waals surface area contributed by atoms with Crippen LogP contribution in [0.15, 0.2) is 24.3 Å². The van der Waals surface area contributed by atoms with Crippen molar-refractivity contribution in [2.75, 3.05) is 0 Å². The Labute approximate surface area is 212 Å². The lowest BCUT2D eigenvalue weighted by atomic mass is 10.2. The molecule has 0 amide bonds. The summed E-state index contributed by atoms with van der Waals surface area (Å²) in [6.45, 7) is 36.8. The van der Waals surface area contributed by atoms with E-state index in [0.717, 1.165) is 12.1 Å². The maximum Gasteiger partial charge on any atom is 0.192 e. The van der Waals surface area contributed by atoms with Crippen molar-refractivity contribution in [1.29, 1.82) is 0 Å². The second kappa shape index (κ2) is 12.0. The summed E-state index contributed by atoms with van der Waals surface area (Å²) in [5.41, 5.74) is 0. The van der Waals surface area contributed by atoms with Gasteiger partial charge >= 0.3 is 0 Å². The SMILES string of the molecule is C[C@H](C=CC[Si](C)(C)O[Si](C)(C)CC=C[C@@H](C)O[Si](C)(C)C(C)(C)C)O[Si](C)(C)C(C)(C)C. The Bertz CT molecular complexity index is 597. The van der Waals surface area contributed by atoms with Gasteiger partial charge in [0.05, 0.1) is 12.2 Å². The van der Waals surface area contributed by atoms with Crippen molar-refractivity contribution in [3.8, 4) is 0 Å². The average Bonchev–Trinajstić information content (AvgIpc) is 2.49. The van der Waals surface area contributed by atoms with Gasteiger partial charge in [0.1, 0.15) is 0 Å². The molecule has 0 N–H and O–H groups in total. The third-order valence-electron chi connectivity index (χ3n) is 7.16. The van der Waals surface area contributed by atoms with E-state index >= 15 is 0 Å². The first-order valence-corrected chi connectivity index (χ1v) is 24.8. The molecule has 3 nitrogen and oxygen atoms in total. The van der Waals surface area contributed by atoms with Crippen molar-refractivity contribution < 1.29 is 13.0 Å². The lowest BCUT2D eigenvalue weighted by Crippen LogP contribution is -2.44. The first-order valence-electron chi connectivity index (χ1n) is 12.8. The summed E-state index contributed by atoms with van der Waals surface area (Å²) in [5.74, 6) is 0. The van der Waals surface area contributed by atoms with Crippen LogP contribution < -0.4 is 0 Å². The summed E-state index contributed by atoms with van der Waals surface area (Å²) >= 11 is 0. The Morgan fingerprint density at radius 3 is 1.09 bits per heavy atom. The van der Waals surface area contributed by atoms with Crippen LogP contribution in [0.5, 0.6) is 0 Å². The standard InChI is InChI=1S/C26H58O3Si4/c1-23(27-32(13,14)25(3,4)5)19-17-21-30(9,10)29-31(11,12)22-18-20-24(2)28-33(15,16)26(6,7)8/h17-20,23-24H,21-22H2,1-16H3/t23-,24-/m1/s1. The third kappa shape index (κ3) is 12.7. The summed E-state index contributed by atoms with van der Waals surface area (Å²) in [6.07, 6.45) is 9.41. The van der Waals surface area contributed by atoms with E-state index in [1.807, 2.05) is 0 Å². The van der Waals surface area contributed by atoms with Crippen molar-refractivity contribution in [1.82, 2.24) is 0 Å². The lowest BCUT2D eigenvalue weighted by molar-refractivity contribution is 0.243. The van der Waals surface area contributed by atoms with Gasteiger partial charge in [-0.2, -0.15) is 0 Å². The minimum absolute atomic E-state index is 0.159. The van der Waals surface area contributed by atoms with E-state index in [1.165, 1.54) is 0 Å². The van der Waals surface area contributed by atoms with Gasteiger partial charge in [-0.1, -0.05) is 65.8 Å². The third-order valence-corrected chi connectivity index (χ3v) is 23.2. The summed E-state index contributed by atoms with van der Waals surface area (Å²) in [6, 6.07) is 2.06. The van der Waals surface area contributed by atoms with Crippen LogP contribution in [0.4, 0.5) is 0 Å². The molecule has 0 aromatic carbocycles. The topological polar surface area (TPSA) is 27.7 Å². The van der Waals surface area contributed by atoms with Crippen LogP contribution >= 0.6 is 0 Å². The van der Waals surface area contributed by atoms with Gasteiger partial charge < -0.3 is 13.0 Å². The highest BCUT2D eigenvalue weighted by Gasteiger charge is 2.39. The number of hydrogen-bond acceptors (Lipinski definition) is 3. The van der Waals surface area contributed by atoms with Crippen LogP contribution in [0.25, 0.3) is 0 Å². The molecule has 2 atom stereocenters. The molecule has 0 aliphatic heterocycles. The Kier molecular flexibility index (Phi) is 12.1. The number of hydrogen-bond donors (Lipinski definition) is 0. The molecular formula is C26H58O3Si4. The van der Waals surface area contributed by atoms with Crippen LogP contribution in [0.3, 0.4) is 0 Å². The maximum absolute atomic E-state index is 6.81. The van der Waals surface area contributed by atoms with Gasteiger partial charge in [-0.25, -0.2) is 0 Å². The van der Waals surface area contributed by atoms with E-state index in [1.54, 1.807) is 0 Å². The second-order valence-electron chi connectivity index (χ2n) is 14.1. The van der Waals surface area contributed by atoms with Gasteiger partial charge in [-0.15, -0.1) is 0 Å². The fraction of sp³-hybridized carbons (Fsp3) is 0.846. The molecular weight excluding hydrogens is 473 g/mol. The molecule has 0 aliphatic rings. The highest BCUT2D eigenvalue weighted by atomic mass is 28.4. The molecule has 0 aliphatic carbocycles. The molecule has 0 rings (SSSR count). The number of rotatable bonds is 12. The minimum atomic E-state index is -1.77. The van der Waals surface area contributed by atoms with Crippen molar-refractivity contribution in [2.45, 2.75) is 142 Å². The van der Waals surface area contributed by atoms with Crippen LogP contribution in [-0.4, -0.2) is 45.5 Å². The van der Waals surface area contributed by atoms with E-state index in [0.29, 0.717) is 0 Å². The molecule has 0 aromatic heterocycles. The van der Waals surface area contributed by atoms with Crippen LogP contribution in [-0.2, 0) is 13.0 Å². The normalized spacial score (nSPS) is 17.2. The summed E-state index contributed by atoms with van der Waals surface area (Å²) in [4.78, 5) is 0. The Morgan fingerprint density at radius 1 is 0.576 bits per heavy atom. The molecule has 0 spiro atoms. The molecule has 7 heteroatoms. The Morgan fingerprint density at radius 2 is 0.848 bits per heavy atom. The first kappa shape index (κ1) is 33.2. The van der Waals surface area contributed by atoms with Crippen LogP contribution in [0.1, 0.15) is 55.4 Å². The minimum Gasteiger partial charge on any atom is -0.455 e. The van der Waals surface area contributed by atoms with E-state index in [4.69, 9.17) is 13.0 Å². The van der Waals surface area contributed by atoms with E-state index in [2.05, 4.69) is 132 Å². The molecule has 0 saturated carbocycles. The monoisotopic (exact) mass is 530 g/mol. The Hall–Kier alpha value is 0.228. The molecule has 0 bridgehead atoms. The maximum atomic E-state index is 6.81. The van der Waals surface area contributed by atoms with E-state index in [-0.39, 0.29) is 22.3 Å². The van der Waals surface area contributed by atoms with Gasteiger partial charge in [-0.3, -0.25) is 0 Å². The van der Waals surface area contributed by atoms with Crippen LogP contribution in [0.2, 0.25) is 74.5 Å². The molecule has 196 valence electrons. The highest BCUT2D eigenvalue weighted by Crippen LogP contribution is 2.38. The van der Waals surface area contributed by atoms with Gasteiger partial charge in [0.15, 0.2) is 33.3 Å². The smallest absolute Gasteiger partial charge is 0.192 e. The average molecular weight is 531 g/mol. The zero-order valence-electron chi connectivity index (χ0n) is 25.1. The largest absolute Gasteiger partial charge is 0.455 e. The van der Waals surface area contributed by atoms with Gasteiger partial charge in [0.25, 0.3) is 0 Å². The highest BCUT2D eigenvalue weighted by molar-refractivity contribution is 6.85. The van der Waals surface area contributed by atoms with Crippen LogP contribution in [0, 0.1) is 0 Å². The predicted molar refractivity (Wildman–Crippen MR) is 159 cm³/mol. The molecule has 0 aromatic rings. The molecule has 0 radical (unpaired) electrons. The summed E-state index contributed by atoms with van der Waals surface area (Å²) < 4.78 is 19.7. The van der Waals surface area contributed by atoms with Gasteiger partial charge in [0, 0.05) is 0 Å². The molecule has 0 heterocycles. The van der Waals surface area contributed by atoms with Gasteiger partial charge in [-0.05, 0) is 88.4 Å². The summed E-state index contributed by atoms with van der Waals surface area (Å²) in [5, 5.41) is 0.477. The first-order chi connectivity index (χ1) is 14.4. The zero-order valence-corrected chi connectivity index (χ0v) is 29.1. The van der Waals surface area contributed by atoms with Crippen molar-refractivity contribution in [2.24, 2.45) is 0 Å². The lowest BCUT2D eigenvalue weighted by Gasteiger charge is -2.38. The van der Waals surface area contributed by atoms with Crippen molar-refractivity contribution >= 4 is 33.3 Å². The fourth-order valence-electron chi connectivity index (χ4n) is 3.28. The van der Waals surface area contributed by atoms with Crippen molar-refractivity contribution in [3.63, 3.8) is 0 Å². The Balaban J connectivity index is 4.81. The van der Waals surface area contributed by atoms with E-state index < -0.39 is 33.3 Å². The molecule has 0 fully saturated rings. The predicted octanol–water partition coefficient (Wildman–Crippen LogP) is 9.35. The molecule has 33 heavy (non-hydrogen) atoms. The van der Waals surface area contributed by atoms with Crippen molar-refractivity contribution in [3.05, 3.63) is 24.3 Å². The zero-order chi connectivity index (χ0) is 26.5. The summed E-state index contributed by atoms with van der Waals surface area (Å²) in [7, 11) is -7.00. The van der Waals surface area contributed by atoms with Gasteiger partial charge in [0.2, 0.25) is 0 Å².